The Bertz CT molecular complexity index is 588. The SMILES string of the molecule is O=C(O)C1C2CCC(C2)C1NC1COc2cc(O)ccc21. The molecule has 5 heteroatoms. The lowest BCUT2D eigenvalue weighted by Crippen LogP contribution is -2.46. The number of carboxylic acids is 1. The monoisotopic (exact) mass is 289 g/mol. The van der Waals surface area contributed by atoms with Gasteiger partial charge < -0.3 is 20.3 Å². The smallest absolute Gasteiger partial charge is 0.308 e. The summed E-state index contributed by atoms with van der Waals surface area (Å²) < 4.78 is 5.61. The first kappa shape index (κ1) is 13.0. The number of benzene rings is 1. The summed E-state index contributed by atoms with van der Waals surface area (Å²) in [6.07, 6.45) is 3.21. The molecule has 2 saturated carbocycles. The molecule has 3 N–H and O–H groups in total. The number of aromatic hydroxyl groups is 1. The van der Waals surface area contributed by atoms with Crippen LogP contribution < -0.4 is 10.1 Å². The van der Waals surface area contributed by atoms with Crippen molar-refractivity contribution in [1.29, 1.82) is 0 Å². The highest BCUT2D eigenvalue weighted by molar-refractivity contribution is 5.72. The highest BCUT2D eigenvalue weighted by Gasteiger charge is 2.51. The van der Waals surface area contributed by atoms with E-state index < -0.39 is 5.97 Å². The first-order valence-corrected chi connectivity index (χ1v) is 7.58. The quantitative estimate of drug-likeness (QED) is 0.792. The minimum absolute atomic E-state index is 0.0202. The highest BCUT2D eigenvalue weighted by Crippen LogP contribution is 2.49. The second-order valence-electron chi connectivity index (χ2n) is 6.48. The van der Waals surface area contributed by atoms with Crippen molar-refractivity contribution in [3.8, 4) is 11.5 Å². The zero-order chi connectivity index (χ0) is 14.6. The Morgan fingerprint density at radius 1 is 1.29 bits per heavy atom. The van der Waals surface area contributed by atoms with Crippen molar-refractivity contribution in [2.75, 3.05) is 6.61 Å². The number of phenolic OH excluding ortho intramolecular Hbond substituents is 1. The lowest BCUT2D eigenvalue weighted by Gasteiger charge is -2.31. The van der Waals surface area contributed by atoms with Crippen molar-refractivity contribution in [1.82, 2.24) is 5.32 Å². The second-order valence-corrected chi connectivity index (χ2v) is 6.48. The van der Waals surface area contributed by atoms with Crippen molar-refractivity contribution < 1.29 is 19.7 Å². The van der Waals surface area contributed by atoms with Crippen LogP contribution in [0.2, 0.25) is 0 Å². The van der Waals surface area contributed by atoms with Crippen LogP contribution in [0.25, 0.3) is 0 Å². The summed E-state index contributed by atoms with van der Waals surface area (Å²) in [7, 11) is 0. The average Bonchev–Trinajstić information content (AvgIpc) is 3.13. The van der Waals surface area contributed by atoms with Gasteiger partial charge in [0.2, 0.25) is 0 Å². The van der Waals surface area contributed by atoms with Crippen LogP contribution in [0, 0.1) is 17.8 Å². The molecule has 0 saturated heterocycles. The summed E-state index contributed by atoms with van der Waals surface area (Å²) in [4.78, 5) is 11.6. The largest absolute Gasteiger partial charge is 0.508 e. The van der Waals surface area contributed by atoms with Crippen LogP contribution in [0.1, 0.15) is 30.9 Å². The highest BCUT2D eigenvalue weighted by atomic mass is 16.5. The molecule has 0 spiro atoms. The lowest BCUT2D eigenvalue weighted by molar-refractivity contribution is -0.144. The van der Waals surface area contributed by atoms with E-state index in [2.05, 4.69) is 5.32 Å². The van der Waals surface area contributed by atoms with Gasteiger partial charge >= 0.3 is 5.97 Å². The first-order chi connectivity index (χ1) is 10.1. The van der Waals surface area contributed by atoms with Crippen molar-refractivity contribution in [2.24, 2.45) is 17.8 Å². The summed E-state index contributed by atoms with van der Waals surface area (Å²) in [6, 6.07) is 5.18. The Balaban J connectivity index is 1.56. The van der Waals surface area contributed by atoms with Crippen LogP contribution in [0.3, 0.4) is 0 Å². The molecule has 0 amide bonds. The molecule has 112 valence electrons. The number of nitrogens with one attached hydrogen (secondary N) is 1. The zero-order valence-electron chi connectivity index (χ0n) is 11.7. The van der Waals surface area contributed by atoms with Crippen LogP contribution in [0.5, 0.6) is 11.5 Å². The Morgan fingerprint density at radius 2 is 2.10 bits per heavy atom. The number of fused-ring (bicyclic) bond motifs is 3. The molecule has 2 fully saturated rings. The molecule has 1 aromatic rings. The Kier molecular flexibility index (Phi) is 2.85. The van der Waals surface area contributed by atoms with E-state index in [0.717, 1.165) is 24.8 Å². The summed E-state index contributed by atoms with van der Waals surface area (Å²) in [5.74, 6) is 0.735. The van der Waals surface area contributed by atoms with E-state index in [1.54, 1.807) is 12.1 Å². The molecule has 1 aliphatic heterocycles. The van der Waals surface area contributed by atoms with Gasteiger partial charge in [0.05, 0.1) is 12.0 Å². The number of ether oxygens (including phenoxy) is 1. The zero-order valence-corrected chi connectivity index (χ0v) is 11.7. The fraction of sp³-hybridized carbons (Fsp3) is 0.562. The molecule has 5 unspecified atom stereocenters. The topological polar surface area (TPSA) is 78.8 Å². The normalized spacial score (nSPS) is 36.5. The van der Waals surface area contributed by atoms with E-state index in [1.807, 2.05) is 6.07 Å². The molecule has 1 aromatic carbocycles. The maximum Gasteiger partial charge on any atom is 0.308 e. The van der Waals surface area contributed by atoms with Crippen LogP contribution in [-0.2, 0) is 4.79 Å². The third-order valence-electron chi connectivity index (χ3n) is 5.37. The number of aliphatic carboxylic acids is 1. The number of hydrogen-bond acceptors (Lipinski definition) is 4. The molecule has 4 rings (SSSR count). The van der Waals surface area contributed by atoms with E-state index in [4.69, 9.17) is 4.74 Å². The molecule has 3 aliphatic rings. The third kappa shape index (κ3) is 1.99. The van der Waals surface area contributed by atoms with Gasteiger partial charge in [-0.15, -0.1) is 0 Å². The minimum atomic E-state index is -0.676. The predicted molar refractivity (Wildman–Crippen MR) is 75.2 cm³/mol. The minimum Gasteiger partial charge on any atom is -0.508 e. The van der Waals surface area contributed by atoms with Crippen LogP contribution in [0.4, 0.5) is 0 Å². The molecular weight excluding hydrogens is 270 g/mol. The number of phenols is 1. The summed E-state index contributed by atoms with van der Waals surface area (Å²) in [6.45, 7) is 0.499. The number of carbonyl (C=O) groups is 1. The van der Waals surface area contributed by atoms with Gasteiger partial charge in [0, 0.05) is 17.7 Å². The maximum absolute atomic E-state index is 11.6. The van der Waals surface area contributed by atoms with E-state index in [-0.39, 0.29) is 23.8 Å². The number of hydrogen-bond donors (Lipinski definition) is 3. The fourth-order valence-corrected chi connectivity index (χ4v) is 4.46. The molecule has 2 aliphatic carbocycles. The average molecular weight is 289 g/mol. The van der Waals surface area contributed by atoms with Gasteiger partial charge in [-0.05, 0) is 43.2 Å². The lowest BCUT2D eigenvalue weighted by atomic mass is 9.84. The van der Waals surface area contributed by atoms with Gasteiger partial charge in [0.1, 0.15) is 18.1 Å². The van der Waals surface area contributed by atoms with Crippen molar-refractivity contribution in [2.45, 2.75) is 31.3 Å². The van der Waals surface area contributed by atoms with Gasteiger partial charge in [0.15, 0.2) is 0 Å². The number of rotatable bonds is 3. The first-order valence-electron chi connectivity index (χ1n) is 7.58. The second kappa shape index (κ2) is 4.63. The predicted octanol–water partition coefficient (Wildman–Crippen LogP) is 1.91. The van der Waals surface area contributed by atoms with E-state index in [9.17, 15) is 15.0 Å². The molecule has 21 heavy (non-hydrogen) atoms. The third-order valence-corrected chi connectivity index (χ3v) is 5.37. The van der Waals surface area contributed by atoms with E-state index in [0.29, 0.717) is 24.2 Å². The van der Waals surface area contributed by atoms with Gasteiger partial charge in [-0.2, -0.15) is 0 Å². The van der Waals surface area contributed by atoms with Crippen LogP contribution in [0.15, 0.2) is 18.2 Å². The standard InChI is InChI=1S/C16H19NO4/c18-10-3-4-11-12(7-21-13(11)6-10)17-15-9-2-1-8(5-9)14(15)16(19)20/h3-4,6,8-9,12,14-15,17-18H,1-2,5,7H2,(H,19,20). The van der Waals surface area contributed by atoms with Crippen molar-refractivity contribution in [3.63, 3.8) is 0 Å². The molecule has 0 radical (unpaired) electrons. The van der Waals surface area contributed by atoms with Gasteiger partial charge in [-0.3, -0.25) is 4.79 Å². The summed E-state index contributed by atoms with van der Waals surface area (Å²) >= 11 is 0. The number of carboxylic acid groups (broad SMARTS) is 1. The molecule has 5 nitrogen and oxygen atoms in total. The van der Waals surface area contributed by atoms with Crippen molar-refractivity contribution in [3.05, 3.63) is 23.8 Å². The molecule has 5 atom stereocenters. The van der Waals surface area contributed by atoms with E-state index >= 15 is 0 Å². The van der Waals surface area contributed by atoms with Crippen molar-refractivity contribution >= 4 is 5.97 Å². The summed E-state index contributed by atoms with van der Waals surface area (Å²) in [5, 5.41) is 22.5. The molecule has 1 heterocycles. The molecule has 0 aromatic heterocycles. The summed E-state index contributed by atoms with van der Waals surface area (Å²) in [5.41, 5.74) is 1.01. The maximum atomic E-state index is 11.6. The van der Waals surface area contributed by atoms with Gasteiger partial charge in [-0.1, -0.05) is 0 Å². The fourth-order valence-electron chi connectivity index (χ4n) is 4.46. The van der Waals surface area contributed by atoms with Crippen LogP contribution in [-0.4, -0.2) is 28.8 Å². The molecular formula is C16H19NO4. The van der Waals surface area contributed by atoms with Gasteiger partial charge in [0.25, 0.3) is 0 Å². The van der Waals surface area contributed by atoms with Gasteiger partial charge in [-0.25, -0.2) is 0 Å². The van der Waals surface area contributed by atoms with Crippen LogP contribution >= 0.6 is 0 Å². The molecule has 2 bridgehead atoms. The Morgan fingerprint density at radius 3 is 2.90 bits per heavy atom. The Labute approximate surface area is 122 Å². The Hall–Kier alpha value is -1.75. The van der Waals surface area contributed by atoms with E-state index in [1.165, 1.54) is 0 Å².